The molecule has 0 radical (unpaired) electrons. The number of ether oxygens (including phenoxy) is 2. The number of nitrogens with zero attached hydrogens (tertiary/aromatic N) is 3. The molecule has 0 atom stereocenters. The lowest BCUT2D eigenvalue weighted by molar-refractivity contribution is -0.394. The molecule has 1 aliphatic rings. The van der Waals surface area contributed by atoms with Gasteiger partial charge in [-0.25, -0.2) is 0 Å². The maximum absolute atomic E-state index is 13.1. The van der Waals surface area contributed by atoms with E-state index in [4.69, 9.17) is 44.9 Å². The second-order valence-electron chi connectivity index (χ2n) is 7.29. The molecule has 1 fully saturated rings. The van der Waals surface area contributed by atoms with Crippen LogP contribution in [-0.4, -0.2) is 27.2 Å². The Morgan fingerprint density at radius 2 is 1.68 bits per heavy atom. The highest BCUT2D eigenvalue weighted by molar-refractivity contribution is 8.27. The van der Waals surface area contributed by atoms with Gasteiger partial charge >= 0.3 is 5.69 Å². The summed E-state index contributed by atoms with van der Waals surface area (Å²) in [4.78, 5) is 35.6. The number of nitro benzene ring substituents is 2. The SMILES string of the molecule is COc1cc(/C=C2\SC(=S)N(c3ccc(Cl)c(Cl)c3)C2=O)ccc1Oc1ccc([N+](=O)[O-])cc1[N+](=O)[O-]. The Morgan fingerprint density at radius 1 is 0.946 bits per heavy atom. The van der Waals surface area contributed by atoms with E-state index in [-0.39, 0.29) is 28.2 Å². The Hall–Kier alpha value is -3.71. The standard InChI is InChI=1S/C23H13Cl2N3O7S2/c1-34-20-8-12(2-6-19(20)35-18-7-4-14(27(30)31)11-17(18)28(32)33)9-21-22(29)26(23(36)37-21)13-3-5-15(24)16(25)10-13/h2-11H,1H3/b21-9-. The Kier molecular flexibility index (Phi) is 7.64. The van der Waals surface area contributed by atoms with Crippen LogP contribution in [0.1, 0.15) is 5.56 Å². The lowest BCUT2D eigenvalue weighted by atomic mass is 10.1. The molecule has 10 nitrogen and oxygen atoms in total. The molecule has 1 amide bonds. The number of carbonyl (C=O) groups excluding carboxylic acids is 1. The zero-order valence-corrected chi connectivity index (χ0v) is 21.7. The smallest absolute Gasteiger partial charge is 0.318 e. The maximum Gasteiger partial charge on any atom is 0.318 e. The van der Waals surface area contributed by atoms with Crippen molar-refractivity contribution in [3.63, 3.8) is 0 Å². The van der Waals surface area contributed by atoms with Crippen molar-refractivity contribution in [2.75, 3.05) is 12.0 Å². The first kappa shape index (κ1) is 26.4. The van der Waals surface area contributed by atoms with E-state index >= 15 is 0 Å². The molecule has 1 saturated heterocycles. The number of methoxy groups -OCH3 is 1. The van der Waals surface area contributed by atoms with Gasteiger partial charge in [-0.05, 0) is 48.0 Å². The molecule has 0 bridgehead atoms. The van der Waals surface area contributed by atoms with Gasteiger partial charge in [-0.3, -0.25) is 29.9 Å². The molecule has 1 heterocycles. The van der Waals surface area contributed by atoms with Gasteiger partial charge in [0, 0.05) is 6.07 Å². The second kappa shape index (κ2) is 10.7. The fraction of sp³-hybridized carbons (Fsp3) is 0.0435. The number of thioether (sulfide) groups is 1. The summed E-state index contributed by atoms with van der Waals surface area (Å²) in [6.45, 7) is 0. The number of halogens is 2. The lowest BCUT2D eigenvalue weighted by Crippen LogP contribution is -2.27. The summed E-state index contributed by atoms with van der Waals surface area (Å²) in [7, 11) is 1.37. The quantitative estimate of drug-likeness (QED) is 0.126. The molecule has 0 spiro atoms. The number of benzene rings is 3. The molecule has 3 aromatic carbocycles. The van der Waals surface area contributed by atoms with Crippen LogP contribution in [0.15, 0.2) is 59.5 Å². The molecule has 37 heavy (non-hydrogen) atoms. The molecule has 1 aliphatic heterocycles. The van der Waals surface area contributed by atoms with Crippen molar-refractivity contribution in [3.8, 4) is 17.2 Å². The van der Waals surface area contributed by atoms with Crippen LogP contribution < -0.4 is 14.4 Å². The average Bonchev–Trinajstić information content (AvgIpc) is 3.14. The average molecular weight is 578 g/mol. The van der Waals surface area contributed by atoms with E-state index in [1.54, 1.807) is 36.4 Å². The van der Waals surface area contributed by atoms with Crippen LogP contribution in [0, 0.1) is 20.2 Å². The van der Waals surface area contributed by atoms with Crippen molar-refractivity contribution in [1.29, 1.82) is 0 Å². The summed E-state index contributed by atoms with van der Waals surface area (Å²) in [6.07, 6.45) is 1.61. The van der Waals surface area contributed by atoms with Crippen LogP contribution in [0.4, 0.5) is 17.1 Å². The minimum Gasteiger partial charge on any atom is -0.493 e. The van der Waals surface area contributed by atoms with E-state index in [2.05, 4.69) is 0 Å². The monoisotopic (exact) mass is 577 g/mol. The fourth-order valence-electron chi connectivity index (χ4n) is 3.29. The van der Waals surface area contributed by atoms with Crippen molar-refractivity contribution >= 4 is 80.5 Å². The second-order valence-corrected chi connectivity index (χ2v) is 9.78. The molecule has 0 aliphatic carbocycles. The maximum atomic E-state index is 13.1. The Labute approximate surface area is 228 Å². The third-order valence-electron chi connectivity index (χ3n) is 5.01. The summed E-state index contributed by atoms with van der Waals surface area (Å²) in [5, 5.41) is 23.0. The number of hydrogen-bond acceptors (Lipinski definition) is 9. The minimum atomic E-state index is -0.779. The van der Waals surface area contributed by atoms with Gasteiger partial charge in [0.1, 0.15) is 0 Å². The van der Waals surface area contributed by atoms with Gasteiger partial charge in [0.05, 0.1) is 43.7 Å². The van der Waals surface area contributed by atoms with Gasteiger partial charge in [-0.15, -0.1) is 0 Å². The Morgan fingerprint density at radius 3 is 2.32 bits per heavy atom. The highest BCUT2D eigenvalue weighted by Crippen LogP contribution is 2.41. The largest absolute Gasteiger partial charge is 0.493 e. The van der Waals surface area contributed by atoms with E-state index in [1.165, 1.54) is 18.1 Å². The van der Waals surface area contributed by atoms with Gasteiger partial charge in [-0.2, -0.15) is 0 Å². The normalized spacial score (nSPS) is 14.2. The number of thiocarbonyl (C=S) groups is 1. The molecule has 0 aromatic heterocycles. The first-order chi connectivity index (χ1) is 17.6. The van der Waals surface area contributed by atoms with Crippen molar-refractivity contribution in [3.05, 3.63) is 95.3 Å². The number of non-ortho nitro benzene ring substituents is 1. The van der Waals surface area contributed by atoms with E-state index in [0.717, 1.165) is 30.0 Å². The molecule has 0 N–H and O–H groups in total. The minimum absolute atomic E-state index is 0.125. The molecule has 0 unspecified atom stereocenters. The van der Waals surface area contributed by atoms with Crippen molar-refractivity contribution < 1.29 is 24.1 Å². The van der Waals surface area contributed by atoms with Crippen molar-refractivity contribution in [2.45, 2.75) is 0 Å². The molecular formula is C23H13Cl2N3O7S2. The lowest BCUT2D eigenvalue weighted by Gasteiger charge is -2.15. The van der Waals surface area contributed by atoms with Crippen LogP contribution in [0.5, 0.6) is 17.2 Å². The zero-order valence-electron chi connectivity index (χ0n) is 18.5. The first-order valence-corrected chi connectivity index (χ1v) is 12.1. The molecular weight excluding hydrogens is 565 g/mol. The third-order valence-corrected chi connectivity index (χ3v) is 7.05. The van der Waals surface area contributed by atoms with Crippen LogP contribution in [0.25, 0.3) is 6.08 Å². The number of rotatable bonds is 7. The molecule has 4 rings (SSSR count). The molecule has 188 valence electrons. The Bertz CT molecular complexity index is 1510. The van der Waals surface area contributed by atoms with Crippen LogP contribution in [0.2, 0.25) is 10.0 Å². The predicted molar refractivity (Wildman–Crippen MR) is 145 cm³/mol. The first-order valence-electron chi connectivity index (χ1n) is 10.1. The van der Waals surface area contributed by atoms with Gasteiger partial charge in [0.2, 0.25) is 5.75 Å². The van der Waals surface area contributed by atoms with E-state index in [1.807, 2.05) is 0 Å². The van der Waals surface area contributed by atoms with Crippen LogP contribution in [0.3, 0.4) is 0 Å². The number of carbonyl (C=O) groups is 1. The number of nitro groups is 2. The van der Waals surface area contributed by atoms with Gasteiger partial charge < -0.3 is 9.47 Å². The fourth-order valence-corrected chi connectivity index (χ4v) is 4.88. The highest BCUT2D eigenvalue weighted by atomic mass is 35.5. The van der Waals surface area contributed by atoms with Gasteiger partial charge in [0.15, 0.2) is 15.8 Å². The summed E-state index contributed by atoms with van der Waals surface area (Å²) in [5.41, 5.74) is 0.0224. The third kappa shape index (κ3) is 5.52. The summed E-state index contributed by atoms with van der Waals surface area (Å²) in [6, 6.07) is 12.5. The van der Waals surface area contributed by atoms with Crippen molar-refractivity contribution in [2.24, 2.45) is 0 Å². The highest BCUT2D eigenvalue weighted by Gasteiger charge is 2.33. The number of amides is 1. The van der Waals surface area contributed by atoms with Crippen molar-refractivity contribution in [1.82, 2.24) is 0 Å². The van der Waals surface area contributed by atoms with Gasteiger partial charge in [0.25, 0.3) is 11.6 Å². The zero-order chi connectivity index (χ0) is 26.9. The molecule has 14 heteroatoms. The summed E-state index contributed by atoms with van der Waals surface area (Å²) < 4.78 is 11.3. The van der Waals surface area contributed by atoms with E-state index in [0.29, 0.717) is 25.5 Å². The van der Waals surface area contributed by atoms with Gasteiger partial charge in [-0.1, -0.05) is 53.2 Å². The molecule has 3 aromatic rings. The summed E-state index contributed by atoms with van der Waals surface area (Å²) >= 11 is 18.5. The number of hydrogen-bond donors (Lipinski definition) is 0. The number of anilines is 1. The van der Waals surface area contributed by atoms with E-state index < -0.39 is 21.2 Å². The topological polar surface area (TPSA) is 125 Å². The Balaban J connectivity index is 1.62. The summed E-state index contributed by atoms with van der Waals surface area (Å²) in [5.74, 6) is -0.223. The van der Waals surface area contributed by atoms with Crippen LogP contribution in [-0.2, 0) is 4.79 Å². The predicted octanol–water partition coefficient (Wildman–Crippen LogP) is 7.02. The van der Waals surface area contributed by atoms with Crippen LogP contribution >= 0.6 is 47.2 Å². The molecule has 0 saturated carbocycles. The van der Waals surface area contributed by atoms with E-state index in [9.17, 15) is 25.0 Å².